The molecular formula is C31H32FN3O4. The molecule has 1 aliphatic heterocycles. The van der Waals surface area contributed by atoms with Gasteiger partial charge in [0.25, 0.3) is 5.91 Å². The van der Waals surface area contributed by atoms with Gasteiger partial charge in [0, 0.05) is 49.2 Å². The van der Waals surface area contributed by atoms with Crippen LogP contribution in [0.5, 0.6) is 0 Å². The zero-order valence-electron chi connectivity index (χ0n) is 22.4. The molecule has 1 saturated heterocycles. The third kappa shape index (κ3) is 6.29. The Labute approximate surface area is 227 Å². The fourth-order valence-corrected chi connectivity index (χ4v) is 4.65. The molecule has 0 saturated carbocycles. The van der Waals surface area contributed by atoms with Gasteiger partial charge in [0.1, 0.15) is 22.8 Å². The van der Waals surface area contributed by atoms with Crippen LogP contribution in [0.3, 0.4) is 0 Å². The lowest BCUT2D eigenvalue weighted by Gasteiger charge is -2.35. The van der Waals surface area contributed by atoms with E-state index in [-0.39, 0.29) is 12.0 Å². The standard InChI is InChI=1S/C31H32FN3O4/c1-31(2,3)39-30(37)35-17-15-34(16-18-35)20-22-7-6-10-27-25(22)19-28(38-27)24-8-4-5-9-26(24)33-29(36)21-11-13-23(32)14-12-21/h4-14,19H,15-18,20H2,1-3H3,(H,33,36). The summed E-state index contributed by atoms with van der Waals surface area (Å²) < 4.78 is 25.0. The third-order valence-corrected chi connectivity index (χ3v) is 6.62. The number of benzene rings is 3. The van der Waals surface area contributed by atoms with Gasteiger partial charge in [-0.15, -0.1) is 0 Å². The van der Waals surface area contributed by atoms with Gasteiger partial charge >= 0.3 is 6.09 Å². The van der Waals surface area contributed by atoms with E-state index in [9.17, 15) is 14.0 Å². The largest absolute Gasteiger partial charge is 0.456 e. The van der Waals surface area contributed by atoms with E-state index in [4.69, 9.17) is 9.15 Å². The molecule has 2 amide bonds. The summed E-state index contributed by atoms with van der Waals surface area (Å²) in [7, 11) is 0. The first-order chi connectivity index (χ1) is 18.7. The van der Waals surface area contributed by atoms with Crippen molar-refractivity contribution >= 4 is 28.7 Å². The van der Waals surface area contributed by atoms with Crippen molar-refractivity contribution in [3.05, 3.63) is 89.7 Å². The van der Waals surface area contributed by atoms with Gasteiger partial charge in [-0.05, 0) is 74.9 Å². The van der Waals surface area contributed by atoms with Crippen LogP contribution in [0, 0.1) is 5.82 Å². The molecule has 1 N–H and O–H groups in total. The summed E-state index contributed by atoms with van der Waals surface area (Å²) in [4.78, 5) is 29.3. The number of ether oxygens (including phenoxy) is 1. The molecule has 0 atom stereocenters. The van der Waals surface area contributed by atoms with E-state index < -0.39 is 11.4 Å². The summed E-state index contributed by atoms with van der Waals surface area (Å²) >= 11 is 0. The lowest BCUT2D eigenvalue weighted by molar-refractivity contribution is 0.0139. The normalized spacial score (nSPS) is 14.4. The summed E-state index contributed by atoms with van der Waals surface area (Å²) in [6.07, 6.45) is -0.270. The minimum atomic E-state index is -0.509. The minimum Gasteiger partial charge on any atom is -0.456 e. The number of hydrogen-bond donors (Lipinski definition) is 1. The first-order valence-electron chi connectivity index (χ1n) is 13.0. The molecule has 7 nitrogen and oxygen atoms in total. The molecule has 202 valence electrons. The minimum absolute atomic E-state index is 0.270. The molecule has 3 aromatic carbocycles. The van der Waals surface area contributed by atoms with E-state index in [1.165, 1.54) is 24.3 Å². The van der Waals surface area contributed by atoms with Gasteiger partial charge in [-0.2, -0.15) is 0 Å². The average Bonchev–Trinajstić information content (AvgIpc) is 3.34. The van der Waals surface area contributed by atoms with Crippen LogP contribution >= 0.6 is 0 Å². The zero-order chi connectivity index (χ0) is 27.6. The number of rotatable bonds is 5. The second-order valence-electron chi connectivity index (χ2n) is 10.7. The number of nitrogens with zero attached hydrogens (tertiary/aromatic N) is 2. The number of para-hydroxylation sites is 1. The molecule has 1 aliphatic rings. The number of fused-ring (bicyclic) bond motifs is 1. The summed E-state index contributed by atoms with van der Waals surface area (Å²) in [5.41, 5.74) is 3.10. The van der Waals surface area contributed by atoms with Crippen molar-refractivity contribution in [2.45, 2.75) is 32.9 Å². The van der Waals surface area contributed by atoms with E-state index in [1.807, 2.05) is 63.2 Å². The van der Waals surface area contributed by atoms with Crippen molar-refractivity contribution in [2.75, 3.05) is 31.5 Å². The molecule has 39 heavy (non-hydrogen) atoms. The van der Waals surface area contributed by atoms with Crippen molar-refractivity contribution in [1.29, 1.82) is 0 Å². The van der Waals surface area contributed by atoms with Crippen LogP contribution in [0.4, 0.5) is 14.9 Å². The van der Waals surface area contributed by atoms with Gasteiger partial charge in [-0.1, -0.05) is 24.3 Å². The lowest BCUT2D eigenvalue weighted by Crippen LogP contribution is -2.49. The Morgan fingerprint density at radius 1 is 0.949 bits per heavy atom. The molecule has 2 heterocycles. The van der Waals surface area contributed by atoms with Gasteiger partial charge < -0.3 is 19.4 Å². The maximum atomic E-state index is 13.3. The van der Waals surface area contributed by atoms with Crippen molar-refractivity contribution in [2.24, 2.45) is 0 Å². The Hall–Kier alpha value is -4.17. The highest BCUT2D eigenvalue weighted by Crippen LogP contribution is 2.34. The number of carbonyl (C=O) groups excluding carboxylic acids is 2. The molecule has 8 heteroatoms. The molecule has 0 radical (unpaired) electrons. The third-order valence-electron chi connectivity index (χ3n) is 6.62. The molecule has 5 rings (SSSR count). The molecule has 0 aliphatic carbocycles. The lowest BCUT2D eigenvalue weighted by atomic mass is 10.1. The number of piperazine rings is 1. The number of amides is 2. The molecule has 4 aromatic rings. The average molecular weight is 530 g/mol. The first-order valence-corrected chi connectivity index (χ1v) is 13.0. The van der Waals surface area contributed by atoms with E-state index in [2.05, 4.69) is 16.3 Å². The van der Waals surface area contributed by atoms with Gasteiger partial charge in [0.15, 0.2) is 0 Å². The van der Waals surface area contributed by atoms with E-state index in [1.54, 1.807) is 4.90 Å². The van der Waals surface area contributed by atoms with Crippen LogP contribution in [0.2, 0.25) is 0 Å². The smallest absolute Gasteiger partial charge is 0.410 e. The molecule has 0 unspecified atom stereocenters. The molecule has 1 fully saturated rings. The Morgan fingerprint density at radius 2 is 1.67 bits per heavy atom. The van der Waals surface area contributed by atoms with Crippen molar-refractivity contribution < 1.29 is 23.1 Å². The highest BCUT2D eigenvalue weighted by atomic mass is 19.1. The second-order valence-corrected chi connectivity index (χ2v) is 10.7. The maximum absolute atomic E-state index is 13.3. The second kappa shape index (κ2) is 10.9. The SMILES string of the molecule is CC(C)(C)OC(=O)N1CCN(Cc2cccc3oc(-c4ccccc4NC(=O)c4ccc(F)cc4)cc23)CC1. The summed E-state index contributed by atoms with van der Waals surface area (Å²) in [6.45, 7) is 9.07. The summed E-state index contributed by atoms with van der Waals surface area (Å²) in [5, 5.41) is 3.93. The summed E-state index contributed by atoms with van der Waals surface area (Å²) in [6, 6.07) is 20.9. The van der Waals surface area contributed by atoms with Crippen molar-refractivity contribution in [3.8, 4) is 11.3 Å². The van der Waals surface area contributed by atoms with Crippen molar-refractivity contribution in [1.82, 2.24) is 9.80 Å². The maximum Gasteiger partial charge on any atom is 0.410 e. The number of anilines is 1. The monoisotopic (exact) mass is 529 g/mol. The van der Waals surface area contributed by atoms with E-state index in [0.29, 0.717) is 30.1 Å². The zero-order valence-corrected chi connectivity index (χ0v) is 22.4. The van der Waals surface area contributed by atoms with Gasteiger partial charge in [0.05, 0.1) is 5.69 Å². The Bertz CT molecular complexity index is 1480. The molecule has 0 bridgehead atoms. The predicted octanol–water partition coefficient (Wildman–Crippen LogP) is 6.54. The number of nitrogens with one attached hydrogen (secondary N) is 1. The molecule has 0 spiro atoms. The highest BCUT2D eigenvalue weighted by Gasteiger charge is 2.26. The van der Waals surface area contributed by atoms with Crippen LogP contribution in [-0.4, -0.2) is 53.6 Å². The quantitative estimate of drug-likeness (QED) is 0.318. The van der Waals surface area contributed by atoms with Gasteiger partial charge in [-0.3, -0.25) is 9.69 Å². The molecule has 1 aromatic heterocycles. The fraction of sp³-hybridized carbons (Fsp3) is 0.290. The Morgan fingerprint density at radius 3 is 2.38 bits per heavy atom. The number of carbonyl (C=O) groups is 2. The van der Waals surface area contributed by atoms with Crippen LogP contribution < -0.4 is 5.32 Å². The first kappa shape index (κ1) is 26.4. The summed E-state index contributed by atoms with van der Waals surface area (Å²) in [5.74, 6) is -0.0816. The predicted molar refractivity (Wildman–Crippen MR) is 149 cm³/mol. The Balaban J connectivity index is 1.31. The molecular weight excluding hydrogens is 497 g/mol. The number of furan rings is 1. The highest BCUT2D eigenvalue weighted by molar-refractivity contribution is 6.06. The number of halogens is 1. The van der Waals surface area contributed by atoms with Crippen molar-refractivity contribution in [3.63, 3.8) is 0 Å². The fourth-order valence-electron chi connectivity index (χ4n) is 4.65. The topological polar surface area (TPSA) is 75.0 Å². The van der Waals surface area contributed by atoms with Crippen LogP contribution in [0.1, 0.15) is 36.7 Å². The van der Waals surface area contributed by atoms with Gasteiger partial charge in [-0.25, -0.2) is 9.18 Å². The number of hydrogen-bond acceptors (Lipinski definition) is 5. The van der Waals surface area contributed by atoms with Crippen LogP contribution in [-0.2, 0) is 11.3 Å². The van der Waals surface area contributed by atoms with Crippen LogP contribution in [0.25, 0.3) is 22.3 Å². The van der Waals surface area contributed by atoms with Gasteiger partial charge in [0.2, 0.25) is 0 Å². The van der Waals surface area contributed by atoms with E-state index in [0.717, 1.165) is 41.7 Å². The Kier molecular flexibility index (Phi) is 7.39. The van der Waals surface area contributed by atoms with Crippen LogP contribution in [0.15, 0.2) is 77.2 Å². The van der Waals surface area contributed by atoms with E-state index >= 15 is 0 Å².